The molecule has 3 N–H and O–H groups in total. The summed E-state index contributed by atoms with van der Waals surface area (Å²) < 4.78 is 0. The second-order valence-corrected chi connectivity index (χ2v) is 6.29. The third-order valence-corrected chi connectivity index (χ3v) is 4.54. The molecule has 1 heterocycles. The van der Waals surface area contributed by atoms with Gasteiger partial charge >= 0.3 is 0 Å². The summed E-state index contributed by atoms with van der Waals surface area (Å²) in [5.74, 6) is 1.24. The van der Waals surface area contributed by atoms with Crippen LogP contribution in [0.4, 0.5) is 11.4 Å². The molecule has 0 radical (unpaired) electrons. The van der Waals surface area contributed by atoms with Gasteiger partial charge in [0.1, 0.15) is 0 Å². The summed E-state index contributed by atoms with van der Waals surface area (Å²) in [7, 11) is 0. The van der Waals surface area contributed by atoms with Crippen molar-refractivity contribution in [1.29, 1.82) is 0 Å². The lowest BCUT2D eigenvalue weighted by Gasteiger charge is -2.30. The van der Waals surface area contributed by atoms with E-state index in [0.29, 0.717) is 12.5 Å². The lowest BCUT2D eigenvalue weighted by atomic mass is 10.2. The van der Waals surface area contributed by atoms with E-state index in [1.165, 1.54) is 10.6 Å². The Hall–Kier alpha value is -1.36. The fraction of sp³-hybridized carbons (Fsp3) is 0.500. The van der Waals surface area contributed by atoms with Crippen LogP contribution in [0.5, 0.6) is 0 Å². The molecule has 0 unspecified atom stereocenters. The number of nitrogens with zero attached hydrogens (tertiary/aromatic N) is 1. The Bertz CT molecular complexity index is 488. The van der Waals surface area contributed by atoms with Gasteiger partial charge < -0.3 is 16.0 Å². The van der Waals surface area contributed by atoms with E-state index in [1.54, 1.807) is 0 Å². The molecular formula is C14H19N3OS. The average Bonchev–Trinajstić information content (AvgIpc) is 3.20. The molecule has 4 nitrogen and oxygen atoms in total. The zero-order valence-corrected chi connectivity index (χ0v) is 11.7. The quantitative estimate of drug-likeness (QED) is 0.825. The van der Waals surface area contributed by atoms with Crippen molar-refractivity contribution in [2.75, 3.05) is 29.5 Å². The fourth-order valence-corrected chi connectivity index (χ4v) is 3.32. The van der Waals surface area contributed by atoms with Gasteiger partial charge in [0.2, 0.25) is 5.91 Å². The zero-order chi connectivity index (χ0) is 13.2. The molecule has 1 saturated carbocycles. The van der Waals surface area contributed by atoms with Crippen molar-refractivity contribution in [3.8, 4) is 0 Å². The third kappa shape index (κ3) is 3.15. The highest BCUT2D eigenvalue weighted by Gasteiger charge is 2.24. The highest BCUT2D eigenvalue weighted by atomic mass is 32.2. The van der Waals surface area contributed by atoms with Gasteiger partial charge in [0.05, 0.1) is 5.69 Å². The van der Waals surface area contributed by atoms with Crippen molar-refractivity contribution >= 4 is 29.0 Å². The van der Waals surface area contributed by atoms with Crippen LogP contribution in [-0.4, -0.2) is 30.8 Å². The monoisotopic (exact) mass is 277 g/mol. The van der Waals surface area contributed by atoms with E-state index in [2.05, 4.69) is 16.3 Å². The van der Waals surface area contributed by atoms with Crippen molar-refractivity contribution in [1.82, 2.24) is 5.32 Å². The van der Waals surface area contributed by atoms with Crippen LogP contribution in [0.15, 0.2) is 23.1 Å². The average molecular weight is 277 g/mol. The first kappa shape index (κ1) is 12.7. The summed E-state index contributed by atoms with van der Waals surface area (Å²) in [6.07, 6.45) is 2.85. The standard InChI is InChI=1S/C14H19N3OS/c15-10-1-4-13-12(9-10)17(7-8-19-13)6-5-14(18)16-11-2-3-11/h1,4,9,11H,2-3,5-8,15H2,(H,16,18). The molecule has 1 fully saturated rings. The molecule has 1 aromatic rings. The van der Waals surface area contributed by atoms with Crippen LogP contribution in [-0.2, 0) is 4.79 Å². The van der Waals surface area contributed by atoms with Gasteiger partial charge in [-0.05, 0) is 31.0 Å². The molecule has 1 aliphatic carbocycles. The van der Waals surface area contributed by atoms with E-state index >= 15 is 0 Å². The number of anilines is 2. The summed E-state index contributed by atoms with van der Waals surface area (Å²) in [5, 5.41) is 3.03. The Labute approximate surface area is 117 Å². The topological polar surface area (TPSA) is 58.4 Å². The SMILES string of the molecule is Nc1ccc2c(c1)N(CCC(=O)NC1CC1)CCS2. The first-order chi connectivity index (χ1) is 9.22. The molecular weight excluding hydrogens is 258 g/mol. The highest BCUT2D eigenvalue weighted by Crippen LogP contribution is 2.35. The van der Waals surface area contributed by atoms with Crippen LogP contribution in [0, 0.1) is 0 Å². The molecule has 0 saturated heterocycles. The van der Waals surface area contributed by atoms with E-state index in [1.807, 2.05) is 23.9 Å². The van der Waals surface area contributed by atoms with Gasteiger partial charge in [-0.3, -0.25) is 4.79 Å². The predicted octanol–water partition coefficient (Wildman–Crippen LogP) is 1.85. The minimum atomic E-state index is 0.172. The van der Waals surface area contributed by atoms with Crippen molar-refractivity contribution < 1.29 is 4.79 Å². The number of thioether (sulfide) groups is 1. The Kier molecular flexibility index (Phi) is 3.55. The normalized spacial score (nSPS) is 18.0. The Morgan fingerprint density at radius 1 is 1.47 bits per heavy atom. The minimum Gasteiger partial charge on any atom is -0.399 e. The second kappa shape index (κ2) is 5.33. The van der Waals surface area contributed by atoms with E-state index in [4.69, 9.17) is 5.73 Å². The smallest absolute Gasteiger partial charge is 0.221 e. The first-order valence-electron chi connectivity index (χ1n) is 6.79. The number of hydrogen-bond donors (Lipinski definition) is 2. The van der Waals surface area contributed by atoms with E-state index in [9.17, 15) is 4.79 Å². The van der Waals surface area contributed by atoms with Gasteiger partial charge in [-0.15, -0.1) is 11.8 Å². The van der Waals surface area contributed by atoms with E-state index < -0.39 is 0 Å². The van der Waals surface area contributed by atoms with Crippen LogP contribution in [0.25, 0.3) is 0 Å². The number of fused-ring (bicyclic) bond motifs is 1. The number of hydrogen-bond acceptors (Lipinski definition) is 4. The molecule has 5 heteroatoms. The highest BCUT2D eigenvalue weighted by molar-refractivity contribution is 7.99. The molecule has 102 valence electrons. The largest absolute Gasteiger partial charge is 0.399 e. The number of benzene rings is 1. The molecule has 0 spiro atoms. The second-order valence-electron chi connectivity index (χ2n) is 5.15. The maximum Gasteiger partial charge on any atom is 0.221 e. The summed E-state index contributed by atoms with van der Waals surface area (Å²) >= 11 is 1.86. The molecule has 0 atom stereocenters. The van der Waals surface area contributed by atoms with E-state index in [-0.39, 0.29) is 5.91 Å². The summed E-state index contributed by atoms with van der Waals surface area (Å²) in [6.45, 7) is 1.76. The molecule has 2 aliphatic rings. The molecule has 3 rings (SSSR count). The fourth-order valence-electron chi connectivity index (χ4n) is 2.29. The molecule has 1 aliphatic heterocycles. The number of carbonyl (C=O) groups excluding carboxylic acids is 1. The maximum absolute atomic E-state index is 11.7. The summed E-state index contributed by atoms with van der Waals surface area (Å²) in [6, 6.07) is 6.48. The van der Waals surface area contributed by atoms with Gasteiger partial charge in [0, 0.05) is 41.9 Å². The molecule has 1 aromatic carbocycles. The minimum absolute atomic E-state index is 0.172. The van der Waals surface area contributed by atoms with Gasteiger partial charge in [-0.25, -0.2) is 0 Å². The molecule has 1 amide bonds. The van der Waals surface area contributed by atoms with Gasteiger partial charge in [0.15, 0.2) is 0 Å². The van der Waals surface area contributed by atoms with Crippen molar-refractivity contribution in [2.24, 2.45) is 0 Å². The summed E-state index contributed by atoms with van der Waals surface area (Å²) in [5.41, 5.74) is 7.82. The number of amides is 1. The first-order valence-corrected chi connectivity index (χ1v) is 7.77. The van der Waals surface area contributed by atoms with Gasteiger partial charge in [-0.2, -0.15) is 0 Å². The maximum atomic E-state index is 11.7. The number of nitrogen functional groups attached to an aromatic ring is 1. The predicted molar refractivity (Wildman–Crippen MR) is 79.6 cm³/mol. The lowest BCUT2D eigenvalue weighted by molar-refractivity contribution is -0.121. The van der Waals surface area contributed by atoms with Crippen molar-refractivity contribution in [3.63, 3.8) is 0 Å². The molecule has 0 bridgehead atoms. The van der Waals surface area contributed by atoms with Crippen LogP contribution in [0.1, 0.15) is 19.3 Å². The number of carbonyl (C=O) groups is 1. The zero-order valence-electron chi connectivity index (χ0n) is 10.9. The Morgan fingerprint density at radius 3 is 3.11 bits per heavy atom. The summed E-state index contributed by atoms with van der Waals surface area (Å²) in [4.78, 5) is 15.3. The van der Waals surface area contributed by atoms with E-state index in [0.717, 1.165) is 37.4 Å². The van der Waals surface area contributed by atoms with Gasteiger partial charge in [0.25, 0.3) is 0 Å². The van der Waals surface area contributed by atoms with Crippen molar-refractivity contribution in [2.45, 2.75) is 30.2 Å². The number of nitrogens with one attached hydrogen (secondary N) is 1. The lowest BCUT2D eigenvalue weighted by Crippen LogP contribution is -2.34. The Morgan fingerprint density at radius 2 is 2.32 bits per heavy atom. The Balaban J connectivity index is 1.62. The third-order valence-electron chi connectivity index (χ3n) is 3.49. The molecule has 0 aromatic heterocycles. The van der Waals surface area contributed by atoms with Crippen LogP contribution < -0.4 is 16.0 Å². The van der Waals surface area contributed by atoms with Crippen molar-refractivity contribution in [3.05, 3.63) is 18.2 Å². The van der Waals surface area contributed by atoms with Crippen LogP contribution >= 0.6 is 11.8 Å². The number of rotatable bonds is 4. The number of nitrogens with two attached hydrogens (primary N) is 1. The van der Waals surface area contributed by atoms with Crippen LogP contribution in [0.2, 0.25) is 0 Å². The van der Waals surface area contributed by atoms with Gasteiger partial charge in [-0.1, -0.05) is 0 Å². The molecule has 19 heavy (non-hydrogen) atoms. The van der Waals surface area contributed by atoms with Crippen LogP contribution in [0.3, 0.4) is 0 Å².